The highest BCUT2D eigenvalue weighted by atomic mass is 35.5. The van der Waals surface area contributed by atoms with E-state index in [9.17, 15) is 9.90 Å². The van der Waals surface area contributed by atoms with E-state index < -0.39 is 10.5 Å². The average Bonchev–Trinajstić information content (AvgIpc) is 3.21. The van der Waals surface area contributed by atoms with Crippen molar-refractivity contribution in [2.24, 2.45) is 0 Å². The van der Waals surface area contributed by atoms with Crippen LogP contribution >= 0.6 is 35.0 Å². The number of carbonyl (C=O) groups is 1. The first-order valence-corrected chi connectivity index (χ1v) is 10.3. The molecule has 146 valence electrons. The number of nitrogens with one attached hydrogen (secondary N) is 1. The predicted molar refractivity (Wildman–Crippen MR) is 107 cm³/mol. The van der Waals surface area contributed by atoms with Gasteiger partial charge >= 0.3 is 0 Å². The molecule has 6 nitrogen and oxygen atoms in total. The van der Waals surface area contributed by atoms with Crippen LogP contribution in [0.15, 0.2) is 35.7 Å². The molecular formula is C18H22Cl2N4O2S. The van der Waals surface area contributed by atoms with E-state index in [1.807, 2.05) is 32.0 Å². The van der Waals surface area contributed by atoms with E-state index in [1.165, 1.54) is 11.0 Å². The lowest BCUT2D eigenvalue weighted by molar-refractivity contribution is 0.00526. The minimum atomic E-state index is -1.27. The zero-order valence-corrected chi connectivity index (χ0v) is 17.5. The first-order chi connectivity index (χ1) is 12.7. The number of nitrogens with zero attached hydrogens (tertiary/aromatic N) is 3. The van der Waals surface area contributed by atoms with Gasteiger partial charge in [-0.2, -0.15) is 5.10 Å². The molecule has 1 aromatic heterocycles. The Hall–Kier alpha value is -1.28. The van der Waals surface area contributed by atoms with Crippen LogP contribution < -0.4 is 5.32 Å². The van der Waals surface area contributed by atoms with Crippen molar-refractivity contribution in [2.75, 3.05) is 0 Å². The molecule has 1 fully saturated rings. The fraction of sp³-hybridized carbons (Fsp3) is 0.500. The molecule has 0 radical (unpaired) electrons. The fourth-order valence-corrected chi connectivity index (χ4v) is 4.13. The molecule has 27 heavy (non-hydrogen) atoms. The maximum Gasteiger partial charge on any atom is 0.287 e. The van der Waals surface area contributed by atoms with Gasteiger partial charge in [0, 0.05) is 29.2 Å². The Morgan fingerprint density at radius 3 is 2.78 bits per heavy atom. The molecule has 1 aliphatic rings. The Labute approximate surface area is 172 Å². The normalized spacial score (nSPS) is 17.6. The van der Waals surface area contributed by atoms with Gasteiger partial charge in [0.05, 0.1) is 11.4 Å². The summed E-state index contributed by atoms with van der Waals surface area (Å²) in [5.41, 5.74) is -0.447. The van der Waals surface area contributed by atoms with E-state index in [0.29, 0.717) is 29.4 Å². The highest BCUT2D eigenvalue weighted by molar-refractivity contribution is 8.13. The number of benzene rings is 1. The molecule has 1 aromatic carbocycles. The third-order valence-corrected chi connectivity index (χ3v) is 6.45. The van der Waals surface area contributed by atoms with Crippen molar-refractivity contribution in [2.45, 2.75) is 61.3 Å². The van der Waals surface area contributed by atoms with E-state index in [-0.39, 0.29) is 17.8 Å². The maximum absolute atomic E-state index is 12.0. The monoisotopic (exact) mass is 428 g/mol. The quantitative estimate of drug-likeness (QED) is 0.516. The largest absolute Gasteiger partial charge is 0.386 e. The molecule has 0 spiro atoms. The molecule has 1 aliphatic carbocycles. The molecular weight excluding hydrogens is 407 g/mol. The molecule has 0 aliphatic heterocycles. The number of carbonyl (C=O) groups excluding carboxylic acids is 1. The van der Waals surface area contributed by atoms with Crippen molar-refractivity contribution < 1.29 is 9.90 Å². The standard InChI is InChI=1S/C18H22Cl2N4O2S/c1-12(2)23-16(25)27-15-21-11-22-24(15)10-18(26,17(20)7-8-17)9-13-5-3-4-6-14(13)19/h3-6,11-12,26H,7-10H2,1-2H3,(H,23,25). The summed E-state index contributed by atoms with van der Waals surface area (Å²) >= 11 is 13.9. The second kappa shape index (κ2) is 7.99. The number of thioether (sulfide) groups is 1. The van der Waals surface area contributed by atoms with Gasteiger partial charge in [-0.25, -0.2) is 9.67 Å². The van der Waals surface area contributed by atoms with E-state index in [0.717, 1.165) is 17.3 Å². The number of rotatable bonds is 7. The van der Waals surface area contributed by atoms with Crippen molar-refractivity contribution in [3.8, 4) is 0 Å². The van der Waals surface area contributed by atoms with Crippen molar-refractivity contribution in [1.82, 2.24) is 20.1 Å². The fourth-order valence-electron chi connectivity index (χ4n) is 2.92. The zero-order valence-electron chi connectivity index (χ0n) is 15.2. The van der Waals surface area contributed by atoms with Crippen molar-refractivity contribution in [1.29, 1.82) is 0 Å². The lowest BCUT2D eigenvalue weighted by atomic mass is 9.89. The number of aromatic nitrogens is 3. The number of amides is 1. The molecule has 0 bridgehead atoms. The van der Waals surface area contributed by atoms with E-state index in [1.54, 1.807) is 6.07 Å². The van der Waals surface area contributed by atoms with E-state index in [2.05, 4.69) is 15.4 Å². The molecule has 1 amide bonds. The Kier molecular flexibility index (Phi) is 6.05. The highest BCUT2D eigenvalue weighted by Gasteiger charge is 2.58. The van der Waals surface area contributed by atoms with Gasteiger partial charge in [0.15, 0.2) is 5.16 Å². The summed E-state index contributed by atoms with van der Waals surface area (Å²) in [5, 5.41) is 19.2. The first kappa shape index (κ1) is 20.5. The minimum absolute atomic E-state index is 0.0242. The molecule has 1 heterocycles. The molecule has 1 unspecified atom stereocenters. The summed E-state index contributed by atoms with van der Waals surface area (Å²) in [6.45, 7) is 3.89. The van der Waals surface area contributed by atoms with Crippen LogP contribution in [0.25, 0.3) is 0 Å². The van der Waals surface area contributed by atoms with E-state index >= 15 is 0 Å². The summed E-state index contributed by atoms with van der Waals surface area (Å²) in [4.78, 5) is 15.5. The molecule has 0 saturated heterocycles. The molecule has 2 N–H and O–H groups in total. The summed E-state index contributed by atoms with van der Waals surface area (Å²) in [6, 6.07) is 7.41. The third-order valence-electron chi connectivity index (χ3n) is 4.55. The second-order valence-corrected chi connectivity index (χ2v) is 9.22. The number of hydrogen-bond acceptors (Lipinski definition) is 5. The van der Waals surface area contributed by atoms with Crippen molar-refractivity contribution >= 4 is 40.2 Å². The van der Waals surface area contributed by atoms with Crippen LogP contribution in [0.2, 0.25) is 5.02 Å². The van der Waals surface area contributed by atoms with E-state index in [4.69, 9.17) is 23.2 Å². The summed E-state index contributed by atoms with van der Waals surface area (Å²) in [7, 11) is 0. The Morgan fingerprint density at radius 2 is 2.15 bits per heavy atom. The lowest BCUT2D eigenvalue weighted by Crippen LogP contribution is -2.47. The molecule has 3 rings (SSSR count). The van der Waals surface area contributed by atoms with Crippen LogP contribution in [-0.2, 0) is 13.0 Å². The Balaban J connectivity index is 1.82. The van der Waals surface area contributed by atoms with Crippen LogP contribution in [0.3, 0.4) is 0 Å². The number of hydrogen-bond donors (Lipinski definition) is 2. The van der Waals surface area contributed by atoms with Gasteiger partial charge < -0.3 is 10.4 Å². The lowest BCUT2D eigenvalue weighted by Gasteiger charge is -2.33. The molecule has 2 aromatic rings. The van der Waals surface area contributed by atoms with Crippen LogP contribution in [-0.4, -0.2) is 41.6 Å². The van der Waals surface area contributed by atoms with Crippen LogP contribution in [0.1, 0.15) is 32.3 Å². The maximum atomic E-state index is 12.0. The topological polar surface area (TPSA) is 80.0 Å². The van der Waals surface area contributed by atoms with Crippen molar-refractivity contribution in [3.05, 3.63) is 41.2 Å². The predicted octanol–water partition coefficient (Wildman–Crippen LogP) is 3.89. The van der Waals surface area contributed by atoms with Crippen LogP contribution in [0.5, 0.6) is 0 Å². The zero-order chi connectivity index (χ0) is 19.7. The van der Waals surface area contributed by atoms with Gasteiger partial charge in [-0.15, -0.1) is 11.6 Å². The van der Waals surface area contributed by atoms with Gasteiger partial charge in [0.25, 0.3) is 5.24 Å². The summed E-state index contributed by atoms with van der Waals surface area (Å²) in [5.74, 6) is 0. The highest BCUT2D eigenvalue weighted by Crippen LogP contribution is 2.53. The molecule has 1 saturated carbocycles. The van der Waals surface area contributed by atoms with Gasteiger partial charge in [0.2, 0.25) is 0 Å². The van der Waals surface area contributed by atoms with Gasteiger partial charge in [-0.1, -0.05) is 29.8 Å². The molecule has 9 heteroatoms. The van der Waals surface area contributed by atoms with Crippen LogP contribution in [0.4, 0.5) is 4.79 Å². The number of halogens is 2. The Morgan fingerprint density at radius 1 is 1.44 bits per heavy atom. The first-order valence-electron chi connectivity index (χ1n) is 8.73. The van der Waals surface area contributed by atoms with Crippen LogP contribution in [0, 0.1) is 0 Å². The average molecular weight is 429 g/mol. The van der Waals surface area contributed by atoms with Gasteiger partial charge in [-0.3, -0.25) is 4.79 Å². The second-order valence-electron chi connectivity index (χ2n) is 7.15. The smallest absolute Gasteiger partial charge is 0.287 e. The number of alkyl halides is 1. The van der Waals surface area contributed by atoms with Crippen molar-refractivity contribution in [3.63, 3.8) is 0 Å². The molecule has 1 atom stereocenters. The number of aliphatic hydroxyl groups is 1. The SMILES string of the molecule is CC(C)NC(=O)Sc1ncnn1CC(O)(Cc1ccccc1Cl)C1(Cl)CC1. The minimum Gasteiger partial charge on any atom is -0.386 e. The Bertz CT molecular complexity index is 825. The summed E-state index contributed by atoms with van der Waals surface area (Å²) in [6.07, 6.45) is 3.08. The summed E-state index contributed by atoms with van der Waals surface area (Å²) < 4.78 is 1.53. The van der Waals surface area contributed by atoms with Gasteiger partial charge in [0.1, 0.15) is 11.9 Å². The third kappa shape index (κ3) is 4.77. The van der Waals surface area contributed by atoms with Gasteiger partial charge in [-0.05, 0) is 38.3 Å².